The molecule has 0 aliphatic carbocycles. The standard InChI is InChI=1S/C16H20N4O2/c1-10-7-12-9-14(21-13(12)8-11(10)2)15-18-16(19-22-15)20-5-3-17-4-6-20/h7-8,14,17H,3-6,9H2,1-2H3. The van der Waals surface area contributed by atoms with E-state index >= 15 is 0 Å². The topological polar surface area (TPSA) is 63.4 Å². The van der Waals surface area contributed by atoms with Gasteiger partial charge in [-0.25, -0.2) is 0 Å². The van der Waals surface area contributed by atoms with E-state index in [0.29, 0.717) is 11.8 Å². The highest BCUT2D eigenvalue weighted by atomic mass is 16.5. The Morgan fingerprint density at radius 2 is 1.95 bits per heavy atom. The minimum atomic E-state index is -0.166. The molecule has 1 atom stereocenters. The van der Waals surface area contributed by atoms with Crippen LogP contribution in [0.15, 0.2) is 16.7 Å². The summed E-state index contributed by atoms with van der Waals surface area (Å²) in [5.41, 5.74) is 3.75. The number of rotatable bonds is 2. The molecule has 1 fully saturated rings. The van der Waals surface area contributed by atoms with Crippen LogP contribution in [0.4, 0.5) is 5.95 Å². The number of nitrogens with one attached hydrogen (secondary N) is 1. The van der Waals surface area contributed by atoms with Crippen molar-refractivity contribution in [1.29, 1.82) is 0 Å². The molecule has 3 heterocycles. The molecule has 6 nitrogen and oxygen atoms in total. The number of fused-ring (bicyclic) bond motifs is 1. The van der Waals surface area contributed by atoms with Crippen molar-refractivity contribution in [3.8, 4) is 5.75 Å². The average molecular weight is 300 g/mol. The SMILES string of the molecule is Cc1cc2c(cc1C)OC(c1nc(N3CCNCC3)no1)C2. The molecule has 6 heteroatoms. The molecule has 0 radical (unpaired) electrons. The fraction of sp³-hybridized carbons (Fsp3) is 0.500. The summed E-state index contributed by atoms with van der Waals surface area (Å²) in [5, 5.41) is 7.43. The molecule has 22 heavy (non-hydrogen) atoms. The first kappa shape index (κ1) is 13.6. The Kier molecular flexibility index (Phi) is 3.26. The summed E-state index contributed by atoms with van der Waals surface area (Å²) in [5.74, 6) is 2.18. The van der Waals surface area contributed by atoms with E-state index in [1.54, 1.807) is 0 Å². The quantitative estimate of drug-likeness (QED) is 0.912. The zero-order valence-corrected chi connectivity index (χ0v) is 12.9. The van der Waals surface area contributed by atoms with Gasteiger partial charge in [-0.1, -0.05) is 6.07 Å². The summed E-state index contributed by atoms with van der Waals surface area (Å²) in [6.07, 6.45) is 0.625. The van der Waals surface area contributed by atoms with E-state index in [1.165, 1.54) is 16.7 Å². The van der Waals surface area contributed by atoms with Gasteiger partial charge < -0.3 is 19.5 Å². The lowest BCUT2D eigenvalue weighted by Crippen LogP contribution is -2.44. The van der Waals surface area contributed by atoms with Gasteiger partial charge in [0.25, 0.3) is 11.8 Å². The minimum absolute atomic E-state index is 0.166. The van der Waals surface area contributed by atoms with Crippen molar-refractivity contribution in [3.63, 3.8) is 0 Å². The van der Waals surface area contributed by atoms with Crippen LogP contribution in [0.3, 0.4) is 0 Å². The third kappa shape index (κ3) is 2.33. The van der Waals surface area contributed by atoms with Crippen LogP contribution in [0, 0.1) is 13.8 Å². The Bertz CT molecular complexity index is 660. The second kappa shape index (κ2) is 5.28. The van der Waals surface area contributed by atoms with E-state index in [0.717, 1.165) is 38.3 Å². The second-order valence-electron chi connectivity index (χ2n) is 6.02. The summed E-state index contributed by atoms with van der Waals surface area (Å²) in [6, 6.07) is 4.29. The molecule has 1 N–H and O–H groups in total. The number of ether oxygens (including phenoxy) is 1. The first-order valence-corrected chi connectivity index (χ1v) is 7.77. The highest BCUT2D eigenvalue weighted by molar-refractivity contribution is 5.45. The third-order valence-corrected chi connectivity index (χ3v) is 4.46. The van der Waals surface area contributed by atoms with E-state index in [-0.39, 0.29) is 6.10 Å². The number of aryl methyl sites for hydroxylation is 2. The van der Waals surface area contributed by atoms with Gasteiger partial charge in [-0.2, -0.15) is 4.98 Å². The van der Waals surface area contributed by atoms with Crippen LogP contribution < -0.4 is 15.0 Å². The van der Waals surface area contributed by atoms with Gasteiger partial charge in [0.05, 0.1) is 0 Å². The lowest BCUT2D eigenvalue weighted by molar-refractivity contribution is 0.183. The molecule has 1 saturated heterocycles. The fourth-order valence-electron chi connectivity index (χ4n) is 3.00. The molecule has 4 rings (SSSR count). The molecule has 0 saturated carbocycles. The Labute approximate surface area is 129 Å². The largest absolute Gasteiger partial charge is 0.480 e. The fourth-order valence-corrected chi connectivity index (χ4v) is 3.00. The first-order chi connectivity index (χ1) is 10.7. The number of aromatic nitrogens is 2. The van der Waals surface area contributed by atoms with E-state index in [1.807, 2.05) is 0 Å². The average Bonchev–Trinajstić information content (AvgIpc) is 3.15. The molecule has 1 aromatic carbocycles. The van der Waals surface area contributed by atoms with Crippen LogP contribution in [0.25, 0.3) is 0 Å². The highest BCUT2D eigenvalue weighted by Crippen LogP contribution is 2.37. The molecule has 2 aromatic rings. The van der Waals surface area contributed by atoms with E-state index in [4.69, 9.17) is 9.26 Å². The van der Waals surface area contributed by atoms with Crippen LogP contribution in [0.2, 0.25) is 0 Å². The number of benzene rings is 1. The van der Waals surface area contributed by atoms with Crippen LogP contribution in [0.5, 0.6) is 5.75 Å². The van der Waals surface area contributed by atoms with Crippen molar-refractivity contribution in [3.05, 3.63) is 34.7 Å². The van der Waals surface area contributed by atoms with Gasteiger partial charge in [0, 0.05) is 32.6 Å². The molecule has 0 amide bonds. The first-order valence-electron chi connectivity index (χ1n) is 7.77. The number of hydrogen-bond donors (Lipinski definition) is 1. The molecule has 2 aliphatic rings. The molecule has 0 spiro atoms. The van der Waals surface area contributed by atoms with E-state index < -0.39 is 0 Å². The second-order valence-corrected chi connectivity index (χ2v) is 6.02. The van der Waals surface area contributed by atoms with Crippen LogP contribution in [-0.2, 0) is 6.42 Å². The molecule has 1 aromatic heterocycles. The lowest BCUT2D eigenvalue weighted by Gasteiger charge is -2.25. The third-order valence-electron chi connectivity index (χ3n) is 4.46. The van der Waals surface area contributed by atoms with Gasteiger partial charge in [0.2, 0.25) is 0 Å². The summed E-state index contributed by atoms with van der Waals surface area (Å²) in [6.45, 7) is 7.94. The monoisotopic (exact) mass is 300 g/mol. The maximum Gasteiger partial charge on any atom is 0.269 e. The number of nitrogens with zero attached hydrogens (tertiary/aromatic N) is 3. The van der Waals surface area contributed by atoms with E-state index in [9.17, 15) is 0 Å². The molecular formula is C16H20N4O2. The van der Waals surface area contributed by atoms with Crippen molar-refractivity contribution in [1.82, 2.24) is 15.5 Å². The van der Waals surface area contributed by atoms with Crippen LogP contribution in [0.1, 0.15) is 28.7 Å². The van der Waals surface area contributed by atoms with Gasteiger partial charge in [-0.05, 0) is 41.8 Å². The summed E-state index contributed by atoms with van der Waals surface area (Å²) < 4.78 is 11.4. The maximum absolute atomic E-state index is 6.00. The molecule has 116 valence electrons. The van der Waals surface area contributed by atoms with Crippen molar-refractivity contribution in [2.75, 3.05) is 31.1 Å². The number of hydrogen-bond acceptors (Lipinski definition) is 6. The van der Waals surface area contributed by atoms with Crippen molar-refractivity contribution >= 4 is 5.95 Å². The number of piperazine rings is 1. The Hall–Kier alpha value is -2.08. The summed E-state index contributed by atoms with van der Waals surface area (Å²) in [7, 11) is 0. The highest BCUT2D eigenvalue weighted by Gasteiger charge is 2.30. The molecule has 1 unspecified atom stereocenters. The molecular weight excluding hydrogens is 280 g/mol. The smallest absolute Gasteiger partial charge is 0.269 e. The predicted molar refractivity (Wildman–Crippen MR) is 82.4 cm³/mol. The van der Waals surface area contributed by atoms with Gasteiger partial charge in [-0.3, -0.25) is 0 Å². The zero-order valence-electron chi connectivity index (χ0n) is 12.9. The molecule has 2 aliphatic heterocycles. The van der Waals surface area contributed by atoms with Crippen molar-refractivity contribution in [2.24, 2.45) is 0 Å². The van der Waals surface area contributed by atoms with Crippen molar-refractivity contribution in [2.45, 2.75) is 26.4 Å². The molecule has 0 bridgehead atoms. The minimum Gasteiger partial charge on any atom is -0.480 e. The summed E-state index contributed by atoms with van der Waals surface area (Å²) in [4.78, 5) is 6.68. The maximum atomic E-state index is 6.00. The Morgan fingerprint density at radius 1 is 1.18 bits per heavy atom. The Morgan fingerprint density at radius 3 is 2.77 bits per heavy atom. The van der Waals surface area contributed by atoms with Crippen molar-refractivity contribution < 1.29 is 9.26 Å². The van der Waals surface area contributed by atoms with Gasteiger partial charge >= 0.3 is 0 Å². The zero-order chi connectivity index (χ0) is 15.1. The lowest BCUT2D eigenvalue weighted by atomic mass is 10.0. The predicted octanol–water partition coefficient (Wildman–Crippen LogP) is 1.77. The van der Waals surface area contributed by atoms with Gasteiger partial charge in [-0.15, -0.1) is 0 Å². The van der Waals surface area contributed by atoms with Crippen LogP contribution in [-0.4, -0.2) is 36.3 Å². The van der Waals surface area contributed by atoms with Crippen LogP contribution >= 0.6 is 0 Å². The number of anilines is 1. The summed E-state index contributed by atoms with van der Waals surface area (Å²) >= 11 is 0. The van der Waals surface area contributed by atoms with Gasteiger partial charge in [0.15, 0.2) is 6.10 Å². The van der Waals surface area contributed by atoms with E-state index in [2.05, 4.69) is 46.3 Å². The Balaban J connectivity index is 1.53. The van der Waals surface area contributed by atoms with Gasteiger partial charge in [0.1, 0.15) is 5.75 Å². The normalized spacial score (nSPS) is 20.8.